The van der Waals surface area contributed by atoms with E-state index < -0.39 is 6.04 Å². The molecule has 0 bridgehead atoms. The lowest BCUT2D eigenvalue weighted by Gasteiger charge is -2.16. The van der Waals surface area contributed by atoms with Crippen LogP contribution in [0.3, 0.4) is 0 Å². The fourth-order valence-electron chi connectivity index (χ4n) is 3.21. The van der Waals surface area contributed by atoms with Gasteiger partial charge in [0.2, 0.25) is 0 Å². The molecule has 1 atom stereocenters. The second kappa shape index (κ2) is 12.0. The highest BCUT2D eigenvalue weighted by atomic mass is 16.5. The molecule has 0 saturated heterocycles. The molecular weight excluding hydrogens is 350 g/mol. The van der Waals surface area contributed by atoms with Crippen LogP contribution in [0.15, 0.2) is 54.6 Å². The van der Waals surface area contributed by atoms with Crippen LogP contribution in [0.5, 0.6) is 0 Å². The van der Waals surface area contributed by atoms with E-state index in [4.69, 9.17) is 4.74 Å². The van der Waals surface area contributed by atoms with E-state index in [-0.39, 0.29) is 11.9 Å². The van der Waals surface area contributed by atoms with Gasteiger partial charge in [-0.15, -0.1) is 0 Å². The molecule has 0 unspecified atom stereocenters. The second-order valence-corrected chi connectivity index (χ2v) is 7.05. The largest absolute Gasteiger partial charge is 0.467 e. The van der Waals surface area contributed by atoms with Crippen LogP contribution in [0.4, 0.5) is 0 Å². The molecule has 2 aromatic carbocycles. The van der Waals surface area contributed by atoms with Crippen LogP contribution in [0, 0.1) is 0 Å². The fraction of sp³-hybridized carbons (Fsp3) is 0.417. The van der Waals surface area contributed by atoms with E-state index in [0.29, 0.717) is 12.0 Å². The van der Waals surface area contributed by atoms with Crippen molar-refractivity contribution in [1.82, 2.24) is 5.32 Å². The van der Waals surface area contributed by atoms with Gasteiger partial charge in [0.05, 0.1) is 7.11 Å². The third-order valence-corrected chi connectivity index (χ3v) is 4.89. The van der Waals surface area contributed by atoms with Crippen LogP contribution in [-0.2, 0) is 9.53 Å². The molecule has 0 radical (unpaired) electrons. The summed E-state index contributed by atoms with van der Waals surface area (Å²) in [5.74, 6) is -0.635. The van der Waals surface area contributed by atoms with E-state index in [2.05, 4.69) is 12.2 Å². The molecule has 28 heavy (non-hydrogen) atoms. The van der Waals surface area contributed by atoms with Gasteiger partial charge in [0.1, 0.15) is 6.04 Å². The Balaban J connectivity index is 1.92. The molecule has 0 aliphatic rings. The SMILES string of the molecule is CCCCCCCC[C@@H](NC(=O)c1ccc(-c2ccccc2)cc1)C(=O)OC. The van der Waals surface area contributed by atoms with Crippen LogP contribution in [0.1, 0.15) is 62.2 Å². The van der Waals surface area contributed by atoms with Gasteiger partial charge in [0, 0.05) is 5.56 Å². The first-order valence-electron chi connectivity index (χ1n) is 10.2. The van der Waals surface area contributed by atoms with Gasteiger partial charge in [-0.3, -0.25) is 4.79 Å². The average molecular weight is 382 g/mol. The summed E-state index contributed by atoms with van der Waals surface area (Å²) in [6.07, 6.45) is 7.41. The van der Waals surface area contributed by atoms with Crippen LogP contribution < -0.4 is 5.32 Å². The molecular formula is C24H31NO3. The number of hydrogen-bond acceptors (Lipinski definition) is 3. The van der Waals surface area contributed by atoms with Crippen molar-refractivity contribution in [2.75, 3.05) is 7.11 Å². The smallest absolute Gasteiger partial charge is 0.328 e. The summed E-state index contributed by atoms with van der Waals surface area (Å²) in [6.45, 7) is 2.19. The number of unbranched alkanes of at least 4 members (excludes halogenated alkanes) is 5. The number of benzene rings is 2. The Morgan fingerprint density at radius 1 is 0.857 bits per heavy atom. The summed E-state index contributed by atoms with van der Waals surface area (Å²) in [6, 6.07) is 16.8. The van der Waals surface area contributed by atoms with Crippen molar-refractivity contribution in [1.29, 1.82) is 0 Å². The molecule has 150 valence electrons. The van der Waals surface area contributed by atoms with E-state index in [0.717, 1.165) is 30.4 Å². The third kappa shape index (κ3) is 6.84. The van der Waals surface area contributed by atoms with Gasteiger partial charge < -0.3 is 10.1 Å². The fourth-order valence-corrected chi connectivity index (χ4v) is 3.21. The average Bonchev–Trinajstić information content (AvgIpc) is 2.75. The Kier molecular flexibility index (Phi) is 9.26. The Bertz CT molecular complexity index is 725. The molecule has 0 aliphatic heterocycles. The summed E-state index contributed by atoms with van der Waals surface area (Å²) >= 11 is 0. The summed E-state index contributed by atoms with van der Waals surface area (Å²) in [5, 5.41) is 2.83. The summed E-state index contributed by atoms with van der Waals surface area (Å²) in [5.41, 5.74) is 2.69. The van der Waals surface area contributed by atoms with Crippen molar-refractivity contribution >= 4 is 11.9 Å². The molecule has 0 spiro atoms. The monoisotopic (exact) mass is 381 g/mol. The molecule has 4 nitrogen and oxygen atoms in total. The van der Waals surface area contributed by atoms with Crippen LogP contribution >= 0.6 is 0 Å². The molecule has 0 fully saturated rings. The van der Waals surface area contributed by atoms with Crippen molar-refractivity contribution in [2.45, 2.75) is 57.9 Å². The van der Waals surface area contributed by atoms with Crippen molar-refractivity contribution in [2.24, 2.45) is 0 Å². The third-order valence-electron chi connectivity index (χ3n) is 4.89. The van der Waals surface area contributed by atoms with Gasteiger partial charge in [0.25, 0.3) is 5.91 Å². The summed E-state index contributed by atoms with van der Waals surface area (Å²) in [7, 11) is 1.36. The zero-order chi connectivity index (χ0) is 20.2. The number of esters is 1. The lowest BCUT2D eigenvalue weighted by Crippen LogP contribution is -2.41. The van der Waals surface area contributed by atoms with E-state index in [1.165, 1.54) is 26.4 Å². The molecule has 0 aromatic heterocycles. The quantitative estimate of drug-likeness (QED) is 0.420. The predicted molar refractivity (Wildman–Crippen MR) is 113 cm³/mol. The van der Waals surface area contributed by atoms with Crippen molar-refractivity contribution < 1.29 is 14.3 Å². The molecule has 0 saturated carbocycles. The van der Waals surface area contributed by atoms with E-state index in [1.807, 2.05) is 42.5 Å². The molecule has 1 N–H and O–H groups in total. The maximum absolute atomic E-state index is 12.6. The normalized spacial score (nSPS) is 11.6. The lowest BCUT2D eigenvalue weighted by molar-refractivity contribution is -0.143. The van der Waals surface area contributed by atoms with Crippen LogP contribution in [0.2, 0.25) is 0 Å². The van der Waals surface area contributed by atoms with E-state index in [1.54, 1.807) is 12.1 Å². The molecule has 2 rings (SSSR count). The molecule has 4 heteroatoms. The van der Waals surface area contributed by atoms with Crippen LogP contribution in [0.25, 0.3) is 11.1 Å². The standard InChI is InChI=1S/C24H31NO3/c1-3-4-5-6-7-11-14-22(24(27)28-2)25-23(26)21-17-15-20(16-18-21)19-12-9-8-10-13-19/h8-10,12-13,15-18,22H,3-7,11,14H2,1-2H3,(H,25,26)/t22-/m1/s1. The number of carbonyl (C=O) groups excluding carboxylic acids is 2. The summed E-state index contributed by atoms with van der Waals surface area (Å²) < 4.78 is 4.87. The van der Waals surface area contributed by atoms with Gasteiger partial charge in [-0.25, -0.2) is 4.79 Å². The highest BCUT2D eigenvalue weighted by Crippen LogP contribution is 2.19. The number of ether oxygens (including phenoxy) is 1. The molecule has 0 heterocycles. The first kappa shape index (κ1) is 21.7. The number of hydrogen-bond donors (Lipinski definition) is 1. The number of carbonyl (C=O) groups is 2. The van der Waals surface area contributed by atoms with Gasteiger partial charge in [0.15, 0.2) is 0 Å². The topological polar surface area (TPSA) is 55.4 Å². The van der Waals surface area contributed by atoms with Crippen molar-refractivity contribution in [3.05, 3.63) is 60.2 Å². The minimum atomic E-state index is -0.600. The Labute approximate surface area is 168 Å². The predicted octanol–water partition coefficient (Wildman–Crippen LogP) is 5.38. The zero-order valence-electron chi connectivity index (χ0n) is 16.9. The van der Waals surface area contributed by atoms with E-state index in [9.17, 15) is 9.59 Å². The van der Waals surface area contributed by atoms with Gasteiger partial charge in [-0.1, -0.05) is 87.9 Å². The van der Waals surface area contributed by atoms with Crippen molar-refractivity contribution in [3.63, 3.8) is 0 Å². The highest BCUT2D eigenvalue weighted by molar-refractivity contribution is 5.97. The zero-order valence-corrected chi connectivity index (χ0v) is 16.9. The van der Waals surface area contributed by atoms with E-state index >= 15 is 0 Å². The van der Waals surface area contributed by atoms with Gasteiger partial charge in [-0.05, 0) is 29.7 Å². The number of nitrogens with one attached hydrogen (secondary N) is 1. The minimum absolute atomic E-state index is 0.249. The maximum Gasteiger partial charge on any atom is 0.328 e. The maximum atomic E-state index is 12.6. The first-order chi connectivity index (χ1) is 13.7. The minimum Gasteiger partial charge on any atom is -0.467 e. The van der Waals surface area contributed by atoms with Crippen molar-refractivity contribution in [3.8, 4) is 11.1 Å². The van der Waals surface area contributed by atoms with Gasteiger partial charge >= 0.3 is 5.97 Å². The lowest BCUT2D eigenvalue weighted by atomic mass is 10.0. The molecule has 2 aromatic rings. The molecule has 1 amide bonds. The number of amides is 1. The Morgan fingerprint density at radius 2 is 1.46 bits per heavy atom. The first-order valence-corrected chi connectivity index (χ1v) is 10.2. The number of rotatable bonds is 11. The summed E-state index contributed by atoms with van der Waals surface area (Å²) in [4.78, 5) is 24.6. The Hall–Kier alpha value is -2.62. The van der Waals surface area contributed by atoms with Crippen LogP contribution in [-0.4, -0.2) is 25.0 Å². The highest BCUT2D eigenvalue weighted by Gasteiger charge is 2.21. The Morgan fingerprint density at radius 3 is 2.11 bits per heavy atom. The number of methoxy groups -OCH3 is 1. The molecule has 0 aliphatic carbocycles. The van der Waals surface area contributed by atoms with Gasteiger partial charge in [-0.2, -0.15) is 0 Å². The second-order valence-electron chi connectivity index (χ2n) is 7.05.